The predicted molar refractivity (Wildman–Crippen MR) is 88.6 cm³/mol. The lowest BCUT2D eigenvalue weighted by Gasteiger charge is -2.10. The van der Waals surface area contributed by atoms with Crippen LogP contribution in [0.4, 0.5) is 5.69 Å². The van der Waals surface area contributed by atoms with Crippen LogP contribution in [0.5, 0.6) is 0 Å². The summed E-state index contributed by atoms with van der Waals surface area (Å²) in [6.45, 7) is 2.50. The quantitative estimate of drug-likeness (QED) is 0.763. The molecule has 1 aromatic heterocycles. The van der Waals surface area contributed by atoms with Crippen molar-refractivity contribution in [1.82, 2.24) is 9.97 Å². The van der Waals surface area contributed by atoms with Gasteiger partial charge in [0.25, 0.3) is 5.56 Å². The van der Waals surface area contributed by atoms with Crippen LogP contribution in [-0.2, 0) is 6.54 Å². The Morgan fingerprint density at radius 3 is 2.90 bits per heavy atom. The molecule has 0 fully saturated rings. The lowest BCUT2D eigenvalue weighted by molar-refractivity contribution is 0.951. The summed E-state index contributed by atoms with van der Waals surface area (Å²) in [5.74, 6) is 0.623. The molecule has 0 bridgehead atoms. The number of aromatic amines is 1. The molecule has 0 amide bonds. The van der Waals surface area contributed by atoms with Crippen molar-refractivity contribution < 1.29 is 0 Å². The van der Waals surface area contributed by atoms with E-state index in [1.807, 2.05) is 43.3 Å². The van der Waals surface area contributed by atoms with Crippen molar-refractivity contribution in [1.29, 1.82) is 0 Å². The van der Waals surface area contributed by atoms with Crippen molar-refractivity contribution in [3.8, 4) is 0 Å². The first kappa shape index (κ1) is 13.8. The van der Waals surface area contributed by atoms with Gasteiger partial charge < -0.3 is 10.3 Å². The predicted octanol–water partition coefficient (Wildman–Crippen LogP) is 3.61. The van der Waals surface area contributed by atoms with Crippen LogP contribution in [0.1, 0.15) is 11.4 Å². The van der Waals surface area contributed by atoms with E-state index in [-0.39, 0.29) is 5.56 Å². The average Bonchev–Trinajstić information content (AvgIpc) is 2.48. The Morgan fingerprint density at radius 1 is 1.24 bits per heavy atom. The molecular formula is C16H14BrN3O. The molecule has 3 rings (SSSR count). The molecule has 0 aliphatic heterocycles. The highest BCUT2D eigenvalue weighted by atomic mass is 79.9. The van der Waals surface area contributed by atoms with Crippen LogP contribution in [0.2, 0.25) is 0 Å². The summed E-state index contributed by atoms with van der Waals surface area (Å²) in [6, 6.07) is 13.4. The van der Waals surface area contributed by atoms with Gasteiger partial charge in [0, 0.05) is 10.2 Å². The van der Waals surface area contributed by atoms with Crippen molar-refractivity contribution in [3.05, 3.63) is 68.7 Å². The van der Waals surface area contributed by atoms with Crippen LogP contribution < -0.4 is 10.9 Å². The Balaban J connectivity index is 1.88. The molecule has 0 saturated carbocycles. The maximum absolute atomic E-state index is 12.0. The molecule has 0 unspecified atom stereocenters. The smallest absolute Gasteiger partial charge is 0.258 e. The van der Waals surface area contributed by atoms with Gasteiger partial charge in [-0.3, -0.25) is 4.79 Å². The van der Waals surface area contributed by atoms with Gasteiger partial charge in [0.05, 0.1) is 17.4 Å². The average molecular weight is 344 g/mol. The molecule has 106 valence electrons. The SMILES string of the molecule is Cc1ccc(Br)cc1NCc1nc2ccccc2c(=O)[nH]1. The third kappa shape index (κ3) is 2.97. The fraction of sp³-hybridized carbons (Fsp3) is 0.125. The summed E-state index contributed by atoms with van der Waals surface area (Å²) in [5.41, 5.74) is 2.76. The fourth-order valence-corrected chi connectivity index (χ4v) is 2.54. The molecule has 2 aromatic carbocycles. The van der Waals surface area contributed by atoms with E-state index in [0.29, 0.717) is 23.3 Å². The van der Waals surface area contributed by atoms with Gasteiger partial charge >= 0.3 is 0 Å². The summed E-state index contributed by atoms with van der Waals surface area (Å²) in [6.07, 6.45) is 0. The van der Waals surface area contributed by atoms with E-state index in [1.165, 1.54) is 0 Å². The zero-order chi connectivity index (χ0) is 14.8. The van der Waals surface area contributed by atoms with E-state index in [4.69, 9.17) is 0 Å². The van der Waals surface area contributed by atoms with Gasteiger partial charge in [-0.2, -0.15) is 0 Å². The van der Waals surface area contributed by atoms with Crippen molar-refractivity contribution in [2.75, 3.05) is 5.32 Å². The first-order valence-corrected chi connectivity index (χ1v) is 7.41. The van der Waals surface area contributed by atoms with Gasteiger partial charge in [-0.1, -0.05) is 34.1 Å². The van der Waals surface area contributed by atoms with E-state index >= 15 is 0 Å². The number of hydrogen-bond donors (Lipinski definition) is 2. The van der Waals surface area contributed by atoms with Crippen LogP contribution >= 0.6 is 15.9 Å². The van der Waals surface area contributed by atoms with Gasteiger partial charge in [0.2, 0.25) is 0 Å². The summed E-state index contributed by atoms with van der Waals surface area (Å²) < 4.78 is 1.01. The summed E-state index contributed by atoms with van der Waals surface area (Å²) in [4.78, 5) is 19.3. The molecule has 0 spiro atoms. The van der Waals surface area contributed by atoms with Crippen molar-refractivity contribution in [2.45, 2.75) is 13.5 Å². The summed E-state index contributed by atoms with van der Waals surface area (Å²) in [7, 11) is 0. The highest BCUT2D eigenvalue weighted by Crippen LogP contribution is 2.21. The van der Waals surface area contributed by atoms with Crippen LogP contribution in [-0.4, -0.2) is 9.97 Å². The number of nitrogens with one attached hydrogen (secondary N) is 2. The molecule has 3 aromatic rings. The van der Waals surface area contributed by atoms with Crippen molar-refractivity contribution in [3.63, 3.8) is 0 Å². The lowest BCUT2D eigenvalue weighted by Crippen LogP contribution is -2.14. The zero-order valence-corrected chi connectivity index (χ0v) is 13.1. The Kier molecular flexibility index (Phi) is 3.75. The number of rotatable bonds is 3. The third-order valence-electron chi connectivity index (χ3n) is 3.31. The second-order valence-corrected chi connectivity index (χ2v) is 5.76. The van der Waals surface area contributed by atoms with Crippen molar-refractivity contribution >= 4 is 32.5 Å². The molecule has 0 atom stereocenters. The number of nitrogens with zero attached hydrogens (tertiary/aromatic N) is 1. The van der Waals surface area contributed by atoms with E-state index < -0.39 is 0 Å². The minimum atomic E-state index is -0.108. The lowest BCUT2D eigenvalue weighted by atomic mass is 10.2. The molecular weight excluding hydrogens is 330 g/mol. The van der Waals surface area contributed by atoms with Gasteiger partial charge in [0.1, 0.15) is 5.82 Å². The maximum atomic E-state index is 12.0. The van der Waals surface area contributed by atoms with Gasteiger partial charge in [-0.25, -0.2) is 4.98 Å². The van der Waals surface area contributed by atoms with Gasteiger partial charge in [0.15, 0.2) is 0 Å². The molecule has 1 heterocycles. The number of fused-ring (bicyclic) bond motifs is 1. The molecule has 21 heavy (non-hydrogen) atoms. The van der Waals surface area contributed by atoms with Crippen molar-refractivity contribution in [2.24, 2.45) is 0 Å². The Morgan fingerprint density at radius 2 is 2.05 bits per heavy atom. The highest BCUT2D eigenvalue weighted by Gasteiger charge is 2.04. The number of aromatic nitrogens is 2. The molecule has 0 aliphatic carbocycles. The number of H-pyrrole nitrogens is 1. The summed E-state index contributed by atoms with van der Waals surface area (Å²) in [5, 5.41) is 3.91. The number of para-hydroxylation sites is 1. The first-order chi connectivity index (χ1) is 10.1. The Hall–Kier alpha value is -2.14. The van der Waals surface area contributed by atoms with E-state index in [2.05, 4.69) is 31.2 Å². The van der Waals surface area contributed by atoms with Gasteiger partial charge in [-0.05, 0) is 36.8 Å². The fourth-order valence-electron chi connectivity index (χ4n) is 2.18. The van der Waals surface area contributed by atoms with E-state index in [1.54, 1.807) is 6.07 Å². The number of aryl methyl sites for hydroxylation is 1. The normalized spacial score (nSPS) is 10.8. The second-order valence-electron chi connectivity index (χ2n) is 4.84. The van der Waals surface area contributed by atoms with E-state index in [9.17, 15) is 4.79 Å². The van der Waals surface area contributed by atoms with Crippen LogP contribution in [0, 0.1) is 6.92 Å². The molecule has 0 aliphatic rings. The largest absolute Gasteiger partial charge is 0.378 e. The number of anilines is 1. The Bertz CT molecular complexity index is 858. The third-order valence-corrected chi connectivity index (χ3v) is 3.80. The second kappa shape index (κ2) is 5.69. The monoisotopic (exact) mass is 343 g/mol. The number of halogens is 1. The van der Waals surface area contributed by atoms with Crippen LogP contribution in [0.3, 0.4) is 0 Å². The maximum Gasteiger partial charge on any atom is 0.258 e. The molecule has 0 radical (unpaired) electrons. The minimum absolute atomic E-state index is 0.108. The highest BCUT2D eigenvalue weighted by molar-refractivity contribution is 9.10. The molecule has 0 saturated heterocycles. The minimum Gasteiger partial charge on any atom is -0.378 e. The topological polar surface area (TPSA) is 57.8 Å². The Labute approximate surface area is 130 Å². The number of benzene rings is 2. The molecule has 5 heteroatoms. The first-order valence-electron chi connectivity index (χ1n) is 6.61. The zero-order valence-electron chi connectivity index (χ0n) is 11.5. The summed E-state index contributed by atoms with van der Waals surface area (Å²) >= 11 is 3.45. The van der Waals surface area contributed by atoms with Crippen LogP contribution in [0.25, 0.3) is 10.9 Å². The molecule has 4 nitrogen and oxygen atoms in total. The van der Waals surface area contributed by atoms with E-state index in [0.717, 1.165) is 15.7 Å². The van der Waals surface area contributed by atoms with Gasteiger partial charge in [-0.15, -0.1) is 0 Å². The molecule has 2 N–H and O–H groups in total. The standard InChI is InChI=1S/C16H14BrN3O/c1-10-6-7-11(17)8-14(10)18-9-15-19-13-5-3-2-4-12(13)16(21)20-15/h2-8,18H,9H2,1H3,(H,19,20,21). The number of hydrogen-bond acceptors (Lipinski definition) is 3. The van der Waals surface area contributed by atoms with Crippen LogP contribution in [0.15, 0.2) is 51.7 Å².